The molecule has 0 saturated carbocycles. The Hall–Kier alpha value is -2.08. The molecule has 1 aromatic heterocycles. The Balaban J connectivity index is 1.76. The molecule has 1 aliphatic heterocycles. The summed E-state index contributed by atoms with van der Waals surface area (Å²) in [6.07, 6.45) is 2.90. The van der Waals surface area contributed by atoms with Crippen molar-refractivity contribution < 1.29 is 28.5 Å². The summed E-state index contributed by atoms with van der Waals surface area (Å²) in [6, 6.07) is 6.65. The number of hydrogen-bond acceptors (Lipinski definition) is 4. The van der Waals surface area contributed by atoms with Crippen LogP contribution in [0.25, 0.3) is 11.3 Å². The van der Waals surface area contributed by atoms with Crippen LogP contribution in [0.5, 0.6) is 0 Å². The quantitative estimate of drug-likeness (QED) is 0.349. The van der Waals surface area contributed by atoms with Crippen LogP contribution in [0.4, 0.5) is 4.39 Å². The smallest absolute Gasteiger partial charge is 0.481 e. The summed E-state index contributed by atoms with van der Waals surface area (Å²) in [7, 11) is -2.11. The maximum absolute atomic E-state index is 13.6. The van der Waals surface area contributed by atoms with Crippen molar-refractivity contribution in [2.24, 2.45) is 0 Å². The summed E-state index contributed by atoms with van der Waals surface area (Å²) < 4.78 is 33.4. The Morgan fingerprint density at radius 1 is 1.25 bits per heavy atom. The fourth-order valence-corrected chi connectivity index (χ4v) is 5.51. The van der Waals surface area contributed by atoms with Crippen LogP contribution in [-0.4, -0.2) is 39.6 Å². The molecule has 0 radical (unpaired) electrons. The Morgan fingerprint density at radius 3 is 2.62 bits per heavy atom. The van der Waals surface area contributed by atoms with Gasteiger partial charge in [0.1, 0.15) is 18.5 Å². The topological polar surface area (TPSA) is 88.8 Å². The number of carbonyl (C=O) groups is 1. The number of nitrogens with zero attached hydrogens (tertiary/aromatic N) is 1. The zero-order chi connectivity index (χ0) is 23.3. The minimum Gasteiger partial charge on any atom is -0.481 e. The van der Waals surface area contributed by atoms with Gasteiger partial charge in [-0.05, 0) is 83.5 Å². The molecule has 8 heteroatoms. The lowest BCUT2D eigenvalue weighted by Gasteiger charge is -2.20. The van der Waals surface area contributed by atoms with E-state index in [1.54, 1.807) is 0 Å². The molecule has 0 fully saturated rings. The zero-order valence-electron chi connectivity index (χ0n) is 18.7. The molecule has 1 unspecified atom stereocenters. The third-order valence-corrected chi connectivity index (χ3v) is 7.02. The summed E-state index contributed by atoms with van der Waals surface area (Å²) in [4.78, 5) is 10.6. The minimum atomic E-state index is -2.11. The van der Waals surface area contributed by atoms with Crippen LogP contribution in [0.1, 0.15) is 62.3 Å². The third kappa shape index (κ3) is 6.03. The third-order valence-electron chi connectivity index (χ3n) is 5.83. The number of fused-ring (bicyclic) bond motifs is 1. The first-order valence-corrected chi connectivity index (χ1v) is 12.6. The van der Waals surface area contributed by atoms with Crippen LogP contribution in [0.3, 0.4) is 0 Å². The van der Waals surface area contributed by atoms with Crippen molar-refractivity contribution >= 4 is 14.0 Å². The number of aromatic nitrogens is 1. The van der Waals surface area contributed by atoms with Gasteiger partial charge in [0.15, 0.2) is 0 Å². The van der Waals surface area contributed by atoms with Gasteiger partial charge in [0, 0.05) is 12.2 Å². The normalized spacial score (nSPS) is 15.0. The van der Waals surface area contributed by atoms with Crippen molar-refractivity contribution in [3.8, 4) is 11.3 Å². The van der Waals surface area contributed by atoms with Crippen LogP contribution >= 0.6 is 8.03 Å². The van der Waals surface area contributed by atoms with Crippen LogP contribution in [0.2, 0.25) is 0 Å². The van der Waals surface area contributed by atoms with Crippen molar-refractivity contribution in [3.63, 3.8) is 0 Å². The van der Waals surface area contributed by atoms with Gasteiger partial charge in [-0.2, -0.15) is 0 Å². The predicted molar refractivity (Wildman–Crippen MR) is 122 cm³/mol. The summed E-state index contributed by atoms with van der Waals surface area (Å²) in [6.45, 7) is 5.60. The van der Waals surface area contributed by atoms with Crippen LogP contribution in [0, 0.1) is 5.82 Å². The second-order valence-electron chi connectivity index (χ2n) is 8.66. The fourth-order valence-electron chi connectivity index (χ4n) is 4.60. The first-order valence-electron chi connectivity index (χ1n) is 11.3. The predicted octanol–water partition coefficient (Wildman–Crippen LogP) is 5.28. The van der Waals surface area contributed by atoms with E-state index in [1.807, 2.05) is 12.1 Å². The maximum Gasteiger partial charge on any atom is 0.510 e. The highest BCUT2D eigenvalue weighted by Gasteiger charge is 2.28. The van der Waals surface area contributed by atoms with Crippen molar-refractivity contribution in [2.45, 2.75) is 70.9 Å². The summed E-state index contributed by atoms with van der Waals surface area (Å²) in [5, 5.41) is 18.3. The molecule has 32 heavy (non-hydrogen) atoms. The molecule has 0 saturated heterocycles. The van der Waals surface area contributed by atoms with Crippen molar-refractivity contribution in [1.82, 2.24) is 4.57 Å². The number of aliphatic hydroxyl groups is 1. The Bertz CT molecular complexity index is 954. The maximum atomic E-state index is 13.6. The lowest BCUT2D eigenvalue weighted by atomic mass is 9.92. The Labute approximate surface area is 189 Å². The number of aliphatic carboxylic acids is 1. The molecule has 2 aromatic rings. The van der Waals surface area contributed by atoms with Gasteiger partial charge < -0.3 is 14.8 Å². The van der Waals surface area contributed by atoms with Crippen LogP contribution in [0.15, 0.2) is 24.3 Å². The number of halogens is 1. The lowest BCUT2D eigenvalue weighted by molar-refractivity contribution is -0.138. The van der Waals surface area contributed by atoms with E-state index in [-0.39, 0.29) is 18.6 Å². The molecular formula is C24H32FNO5P+. The zero-order valence-corrected chi connectivity index (χ0v) is 19.6. The van der Waals surface area contributed by atoms with E-state index in [2.05, 4.69) is 18.4 Å². The van der Waals surface area contributed by atoms with Crippen molar-refractivity contribution in [2.75, 3.05) is 12.8 Å². The molecule has 2 N–H and O–H groups in total. The summed E-state index contributed by atoms with van der Waals surface area (Å²) >= 11 is 0. The molecular weight excluding hydrogens is 432 g/mol. The molecule has 3 rings (SSSR count). The molecule has 0 aliphatic carbocycles. The molecule has 1 aliphatic rings. The average molecular weight is 464 g/mol. The number of aliphatic hydroxyl groups excluding tert-OH is 1. The molecule has 6 nitrogen and oxygen atoms in total. The van der Waals surface area contributed by atoms with Gasteiger partial charge in [-0.25, -0.2) is 4.39 Å². The largest absolute Gasteiger partial charge is 0.510 e. The second-order valence-corrected chi connectivity index (χ2v) is 9.95. The van der Waals surface area contributed by atoms with E-state index in [1.165, 1.54) is 29.0 Å². The van der Waals surface area contributed by atoms with E-state index < -0.39 is 26.5 Å². The molecule has 2 atom stereocenters. The average Bonchev–Trinajstić information content (AvgIpc) is 3.05. The van der Waals surface area contributed by atoms with Gasteiger partial charge in [0.2, 0.25) is 6.16 Å². The Kier molecular flexibility index (Phi) is 8.57. The van der Waals surface area contributed by atoms with Gasteiger partial charge in [0.25, 0.3) is 0 Å². The molecule has 174 valence electrons. The van der Waals surface area contributed by atoms with Crippen molar-refractivity contribution in [1.29, 1.82) is 0 Å². The van der Waals surface area contributed by atoms with Gasteiger partial charge in [-0.15, -0.1) is 4.52 Å². The summed E-state index contributed by atoms with van der Waals surface area (Å²) in [5.74, 6) is -1.04. The van der Waals surface area contributed by atoms with Gasteiger partial charge >= 0.3 is 14.0 Å². The highest BCUT2D eigenvalue weighted by Crippen LogP contribution is 2.39. The molecule has 0 spiro atoms. The number of rotatable bonds is 11. The van der Waals surface area contributed by atoms with E-state index in [0.717, 1.165) is 43.5 Å². The number of carboxylic acid groups (broad SMARTS) is 1. The number of hydrogen-bond donors (Lipinski definition) is 2. The molecule has 0 amide bonds. The molecule has 0 bridgehead atoms. The first kappa shape index (κ1) is 24.6. The fraction of sp³-hybridized carbons (Fsp3) is 0.542. The first-order chi connectivity index (χ1) is 15.3. The molecule has 2 heterocycles. The number of benzene rings is 1. The second kappa shape index (κ2) is 11.2. The Morgan fingerprint density at radius 2 is 1.97 bits per heavy atom. The van der Waals surface area contributed by atoms with E-state index in [4.69, 9.17) is 9.63 Å². The number of carboxylic acids is 1. The van der Waals surface area contributed by atoms with E-state index in [0.29, 0.717) is 12.3 Å². The SMILES string of the molecule is CC(C)c1c(CCCO[P+](=O)C[C@@H](O)CC(=O)O)c(-c2ccc(F)cc2)n2c1CCCC2. The lowest BCUT2D eigenvalue weighted by Crippen LogP contribution is -2.15. The minimum absolute atomic E-state index is 0.180. The van der Waals surface area contributed by atoms with Crippen LogP contribution in [-0.2, 0) is 33.3 Å². The van der Waals surface area contributed by atoms with Gasteiger partial charge in [-0.1, -0.05) is 13.8 Å². The van der Waals surface area contributed by atoms with Gasteiger partial charge in [-0.3, -0.25) is 4.79 Å². The molecule has 1 aromatic carbocycles. The van der Waals surface area contributed by atoms with E-state index >= 15 is 0 Å². The van der Waals surface area contributed by atoms with E-state index in [9.17, 15) is 18.9 Å². The van der Waals surface area contributed by atoms with Crippen LogP contribution < -0.4 is 0 Å². The highest BCUT2D eigenvalue weighted by molar-refractivity contribution is 7.39. The highest BCUT2D eigenvalue weighted by atomic mass is 31.1. The van der Waals surface area contributed by atoms with Crippen molar-refractivity contribution in [3.05, 3.63) is 46.9 Å². The monoisotopic (exact) mass is 464 g/mol. The summed E-state index contributed by atoms with van der Waals surface area (Å²) in [5.41, 5.74) is 6.10. The van der Waals surface area contributed by atoms with Gasteiger partial charge in [0.05, 0.1) is 12.1 Å². The standard InChI is InChI=1S/C24H31FNO5P/c1-16(2)23-20(6-5-13-31-32(30)15-19(27)14-22(28)29)24(17-8-10-18(25)11-9-17)26-12-4-3-7-21(23)26/h8-11,16,19,27H,3-7,12-15H2,1-2H3/p+1/t19-/m0/s1.